The third kappa shape index (κ3) is 2.69. The van der Waals surface area contributed by atoms with E-state index >= 15 is 0 Å². The van der Waals surface area contributed by atoms with Crippen molar-refractivity contribution in [2.75, 3.05) is 5.33 Å². The fourth-order valence-electron chi connectivity index (χ4n) is 1.30. The van der Waals surface area contributed by atoms with Gasteiger partial charge in [-0.15, -0.1) is 0 Å². The van der Waals surface area contributed by atoms with E-state index in [-0.39, 0.29) is 0 Å². The zero-order valence-electron chi connectivity index (χ0n) is 8.13. The lowest BCUT2D eigenvalue weighted by atomic mass is 10.2. The quantitative estimate of drug-likeness (QED) is 0.743. The third-order valence-corrected chi connectivity index (χ3v) is 2.44. The molecule has 0 atom stereocenters. The number of allylic oxidation sites excluding steroid dienone is 2. The summed E-state index contributed by atoms with van der Waals surface area (Å²) in [5.74, 6) is 0. The van der Waals surface area contributed by atoms with Gasteiger partial charge in [-0.05, 0) is 31.9 Å². The van der Waals surface area contributed by atoms with Gasteiger partial charge in [0.15, 0.2) is 0 Å². The highest BCUT2D eigenvalue weighted by atomic mass is 79.9. The molecule has 0 aliphatic carbocycles. The second kappa shape index (κ2) is 5.22. The van der Waals surface area contributed by atoms with Crippen LogP contribution >= 0.6 is 15.9 Å². The van der Waals surface area contributed by atoms with Crippen molar-refractivity contribution in [1.82, 2.24) is 9.78 Å². The highest BCUT2D eigenvalue weighted by Crippen LogP contribution is 2.13. The molecule has 0 radical (unpaired) electrons. The summed E-state index contributed by atoms with van der Waals surface area (Å²) in [6.45, 7) is 5.17. The number of halogens is 1. The molecule has 0 saturated heterocycles. The lowest BCUT2D eigenvalue weighted by Crippen LogP contribution is -2.00. The standard InChI is InChI=1S/C10H15BrN2/c1-3-13-10(6-8-12-13)9(2)5-4-7-11/h5-6,8H,3-4,7H2,1-2H3. The summed E-state index contributed by atoms with van der Waals surface area (Å²) in [4.78, 5) is 0. The van der Waals surface area contributed by atoms with Crippen LogP contribution in [-0.4, -0.2) is 15.1 Å². The Morgan fingerprint density at radius 1 is 1.69 bits per heavy atom. The molecule has 72 valence electrons. The molecule has 3 heteroatoms. The monoisotopic (exact) mass is 242 g/mol. The van der Waals surface area contributed by atoms with E-state index in [4.69, 9.17) is 0 Å². The third-order valence-electron chi connectivity index (χ3n) is 1.98. The van der Waals surface area contributed by atoms with Crippen LogP contribution in [0.4, 0.5) is 0 Å². The smallest absolute Gasteiger partial charge is 0.0635 e. The van der Waals surface area contributed by atoms with E-state index in [1.807, 2.05) is 10.9 Å². The van der Waals surface area contributed by atoms with Crippen LogP contribution < -0.4 is 0 Å². The summed E-state index contributed by atoms with van der Waals surface area (Å²) in [7, 11) is 0. The second-order valence-corrected chi connectivity index (χ2v) is 3.69. The van der Waals surface area contributed by atoms with Crippen molar-refractivity contribution in [3.8, 4) is 0 Å². The largest absolute Gasteiger partial charge is 0.266 e. The molecule has 0 aromatic carbocycles. The molecule has 1 heterocycles. The van der Waals surface area contributed by atoms with E-state index in [1.165, 1.54) is 11.3 Å². The van der Waals surface area contributed by atoms with Crippen LogP contribution in [0.25, 0.3) is 5.57 Å². The van der Waals surface area contributed by atoms with E-state index in [1.54, 1.807) is 0 Å². The Labute approximate surface area is 87.8 Å². The number of hydrogen-bond acceptors (Lipinski definition) is 1. The van der Waals surface area contributed by atoms with Crippen molar-refractivity contribution in [1.29, 1.82) is 0 Å². The van der Waals surface area contributed by atoms with Crippen molar-refractivity contribution in [2.45, 2.75) is 26.8 Å². The Bertz CT molecular complexity index is 289. The Hall–Kier alpha value is -0.570. The van der Waals surface area contributed by atoms with Crippen LogP contribution in [0.2, 0.25) is 0 Å². The van der Waals surface area contributed by atoms with Gasteiger partial charge in [0.1, 0.15) is 0 Å². The van der Waals surface area contributed by atoms with Crippen molar-refractivity contribution in [2.24, 2.45) is 0 Å². The van der Waals surface area contributed by atoms with E-state index in [0.29, 0.717) is 0 Å². The summed E-state index contributed by atoms with van der Waals surface area (Å²) in [5, 5.41) is 5.25. The first kappa shape index (κ1) is 10.5. The molecule has 0 aliphatic heterocycles. The van der Waals surface area contributed by atoms with Crippen LogP contribution in [0.3, 0.4) is 0 Å². The summed E-state index contributed by atoms with van der Waals surface area (Å²) in [5.41, 5.74) is 2.53. The molecular formula is C10H15BrN2. The fourth-order valence-corrected chi connectivity index (χ4v) is 1.52. The summed E-state index contributed by atoms with van der Waals surface area (Å²) < 4.78 is 2.01. The molecule has 0 saturated carbocycles. The summed E-state index contributed by atoms with van der Waals surface area (Å²) in [6.07, 6.45) is 5.16. The first-order chi connectivity index (χ1) is 6.29. The predicted molar refractivity (Wildman–Crippen MR) is 60.0 cm³/mol. The summed E-state index contributed by atoms with van der Waals surface area (Å²) >= 11 is 3.41. The van der Waals surface area contributed by atoms with Gasteiger partial charge in [-0.3, -0.25) is 4.68 Å². The Morgan fingerprint density at radius 2 is 2.46 bits per heavy atom. The molecule has 1 rings (SSSR count). The van der Waals surface area contributed by atoms with Crippen molar-refractivity contribution in [3.05, 3.63) is 24.0 Å². The topological polar surface area (TPSA) is 17.8 Å². The lowest BCUT2D eigenvalue weighted by Gasteiger charge is -2.04. The maximum absolute atomic E-state index is 4.23. The van der Waals surface area contributed by atoms with E-state index in [2.05, 4.69) is 47.0 Å². The van der Waals surface area contributed by atoms with E-state index in [0.717, 1.165) is 18.3 Å². The molecule has 0 N–H and O–H groups in total. The molecule has 13 heavy (non-hydrogen) atoms. The molecule has 0 fully saturated rings. The van der Waals surface area contributed by atoms with Crippen molar-refractivity contribution in [3.63, 3.8) is 0 Å². The van der Waals surface area contributed by atoms with Crippen LogP contribution in [0, 0.1) is 0 Å². The first-order valence-corrected chi connectivity index (χ1v) is 5.66. The van der Waals surface area contributed by atoms with Crippen molar-refractivity contribution < 1.29 is 0 Å². The minimum absolute atomic E-state index is 0.932. The highest BCUT2D eigenvalue weighted by Gasteiger charge is 2.01. The molecule has 0 unspecified atom stereocenters. The Kier molecular flexibility index (Phi) is 4.22. The lowest BCUT2D eigenvalue weighted by molar-refractivity contribution is 0.651. The van der Waals surface area contributed by atoms with Gasteiger partial charge in [-0.25, -0.2) is 0 Å². The number of alkyl halides is 1. The average Bonchev–Trinajstić information content (AvgIpc) is 2.61. The van der Waals surface area contributed by atoms with Crippen LogP contribution in [0.1, 0.15) is 26.0 Å². The Balaban J connectivity index is 2.81. The van der Waals surface area contributed by atoms with E-state index in [9.17, 15) is 0 Å². The first-order valence-electron chi connectivity index (χ1n) is 4.54. The van der Waals surface area contributed by atoms with Crippen LogP contribution in [-0.2, 0) is 6.54 Å². The van der Waals surface area contributed by atoms with Gasteiger partial charge in [0.2, 0.25) is 0 Å². The highest BCUT2D eigenvalue weighted by molar-refractivity contribution is 9.09. The molecule has 0 spiro atoms. The average molecular weight is 243 g/mol. The van der Waals surface area contributed by atoms with Gasteiger partial charge in [0.25, 0.3) is 0 Å². The molecule has 2 nitrogen and oxygen atoms in total. The number of rotatable bonds is 4. The van der Waals surface area contributed by atoms with Crippen LogP contribution in [0.5, 0.6) is 0 Å². The normalized spacial score (nSPS) is 12.1. The van der Waals surface area contributed by atoms with Gasteiger partial charge in [0, 0.05) is 18.1 Å². The number of nitrogens with zero attached hydrogens (tertiary/aromatic N) is 2. The Morgan fingerprint density at radius 3 is 3.08 bits per heavy atom. The molecule has 0 aliphatic rings. The SMILES string of the molecule is CCn1nccc1C(C)=CCCBr. The van der Waals surface area contributed by atoms with Gasteiger partial charge in [-0.2, -0.15) is 5.10 Å². The van der Waals surface area contributed by atoms with Gasteiger partial charge in [0.05, 0.1) is 5.69 Å². The maximum atomic E-state index is 4.23. The minimum atomic E-state index is 0.932. The fraction of sp³-hybridized carbons (Fsp3) is 0.500. The zero-order valence-corrected chi connectivity index (χ0v) is 9.71. The molecule has 0 bridgehead atoms. The number of hydrogen-bond donors (Lipinski definition) is 0. The minimum Gasteiger partial charge on any atom is -0.266 e. The maximum Gasteiger partial charge on any atom is 0.0635 e. The van der Waals surface area contributed by atoms with Gasteiger partial charge < -0.3 is 0 Å². The van der Waals surface area contributed by atoms with E-state index < -0.39 is 0 Å². The predicted octanol–water partition coefficient (Wildman–Crippen LogP) is 3.09. The number of aromatic nitrogens is 2. The van der Waals surface area contributed by atoms with Crippen LogP contribution in [0.15, 0.2) is 18.3 Å². The molecule has 1 aromatic rings. The second-order valence-electron chi connectivity index (χ2n) is 2.90. The molecule has 1 aromatic heterocycles. The van der Waals surface area contributed by atoms with Gasteiger partial charge >= 0.3 is 0 Å². The number of aryl methyl sites for hydroxylation is 1. The van der Waals surface area contributed by atoms with Gasteiger partial charge in [-0.1, -0.05) is 22.0 Å². The zero-order chi connectivity index (χ0) is 9.68. The van der Waals surface area contributed by atoms with Crippen molar-refractivity contribution >= 4 is 21.5 Å². The summed E-state index contributed by atoms with van der Waals surface area (Å²) in [6, 6.07) is 2.06. The molecule has 0 amide bonds. The molecular weight excluding hydrogens is 228 g/mol.